The molecule has 1 N–H and O–H groups in total. The lowest BCUT2D eigenvalue weighted by molar-refractivity contribution is -0.139. The van der Waals surface area contributed by atoms with E-state index in [-0.39, 0.29) is 5.41 Å². The van der Waals surface area contributed by atoms with Gasteiger partial charge in [-0.1, -0.05) is 0 Å². The monoisotopic (exact) mass is 184 g/mol. The van der Waals surface area contributed by atoms with Gasteiger partial charge in [0.25, 0.3) is 0 Å². The van der Waals surface area contributed by atoms with Crippen LogP contribution in [0.5, 0.6) is 0 Å². The molecule has 0 aromatic carbocycles. The van der Waals surface area contributed by atoms with Crippen LogP contribution >= 0.6 is 0 Å². The first kappa shape index (κ1) is 9.00. The second kappa shape index (κ2) is 3.29. The Hall–Kier alpha value is -0.570. The number of aliphatic carboxylic acids is 1. The van der Waals surface area contributed by atoms with Crippen molar-refractivity contribution in [2.45, 2.75) is 44.6 Å². The van der Waals surface area contributed by atoms with Crippen LogP contribution in [0.3, 0.4) is 0 Å². The molecule has 0 aromatic heterocycles. The van der Waals surface area contributed by atoms with E-state index in [9.17, 15) is 4.79 Å². The Morgan fingerprint density at radius 2 is 2.15 bits per heavy atom. The molecule has 3 heteroatoms. The highest BCUT2D eigenvalue weighted by atomic mass is 16.5. The smallest absolute Gasteiger partial charge is 0.303 e. The summed E-state index contributed by atoms with van der Waals surface area (Å²) in [6, 6.07) is 0. The van der Waals surface area contributed by atoms with Gasteiger partial charge in [-0.05, 0) is 32.1 Å². The quantitative estimate of drug-likeness (QED) is 0.708. The van der Waals surface area contributed by atoms with Crippen LogP contribution < -0.4 is 0 Å². The molecular weight excluding hydrogens is 168 g/mol. The van der Waals surface area contributed by atoms with E-state index in [0.29, 0.717) is 19.1 Å². The molecule has 0 spiro atoms. The van der Waals surface area contributed by atoms with Gasteiger partial charge in [0.2, 0.25) is 0 Å². The summed E-state index contributed by atoms with van der Waals surface area (Å²) in [5, 5.41) is 8.67. The lowest BCUT2D eigenvalue weighted by Gasteiger charge is -2.27. The molecule has 0 amide bonds. The molecule has 0 aliphatic heterocycles. The van der Waals surface area contributed by atoms with Crippen LogP contribution in [0.25, 0.3) is 0 Å². The van der Waals surface area contributed by atoms with E-state index >= 15 is 0 Å². The molecule has 3 nitrogen and oxygen atoms in total. The second-order valence-electron chi connectivity index (χ2n) is 4.43. The van der Waals surface area contributed by atoms with Crippen LogP contribution in [0.1, 0.15) is 38.5 Å². The average molecular weight is 184 g/mol. The SMILES string of the molecule is O=C(O)CC1(COC2CCC2)CC1. The van der Waals surface area contributed by atoms with Crippen LogP contribution in [-0.2, 0) is 9.53 Å². The highest BCUT2D eigenvalue weighted by Crippen LogP contribution is 2.49. The molecular formula is C10H16O3. The van der Waals surface area contributed by atoms with Crippen molar-refractivity contribution in [2.75, 3.05) is 6.61 Å². The number of carboxylic acids is 1. The topological polar surface area (TPSA) is 46.5 Å². The zero-order valence-corrected chi connectivity index (χ0v) is 7.79. The van der Waals surface area contributed by atoms with Gasteiger partial charge in [0.05, 0.1) is 19.1 Å². The molecule has 2 rings (SSSR count). The van der Waals surface area contributed by atoms with Crippen molar-refractivity contribution in [3.05, 3.63) is 0 Å². The zero-order chi connectivity index (χ0) is 9.31. The van der Waals surface area contributed by atoms with E-state index in [1.807, 2.05) is 0 Å². The second-order valence-corrected chi connectivity index (χ2v) is 4.43. The van der Waals surface area contributed by atoms with E-state index < -0.39 is 5.97 Å². The molecule has 0 aromatic rings. The van der Waals surface area contributed by atoms with Crippen LogP contribution in [-0.4, -0.2) is 23.8 Å². The predicted molar refractivity (Wildman–Crippen MR) is 47.5 cm³/mol. The Balaban J connectivity index is 1.70. The molecule has 0 atom stereocenters. The number of hydrogen-bond donors (Lipinski definition) is 1. The Labute approximate surface area is 78.1 Å². The molecule has 74 valence electrons. The summed E-state index contributed by atoms with van der Waals surface area (Å²) in [4.78, 5) is 10.5. The Morgan fingerprint density at radius 1 is 1.46 bits per heavy atom. The van der Waals surface area contributed by atoms with Crippen LogP contribution in [0.2, 0.25) is 0 Å². The summed E-state index contributed by atoms with van der Waals surface area (Å²) in [5.74, 6) is -0.685. The fourth-order valence-corrected chi connectivity index (χ4v) is 1.70. The van der Waals surface area contributed by atoms with Gasteiger partial charge < -0.3 is 9.84 Å². The lowest BCUT2D eigenvalue weighted by Crippen LogP contribution is -2.26. The maximum Gasteiger partial charge on any atom is 0.303 e. The van der Waals surface area contributed by atoms with Gasteiger partial charge in [-0.25, -0.2) is 0 Å². The number of carboxylic acid groups (broad SMARTS) is 1. The standard InChI is InChI=1S/C10H16O3/c11-9(12)6-10(4-5-10)7-13-8-2-1-3-8/h8H,1-7H2,(H,11,12). The average Bonchev–Trinajstić information content (AvgIpc) is 2.64. The van der Waals surface area contributed by atoms with E-state index in [4.69, 9.17) is 9.84 Å². The first-order valence-electron chi connectivity index (χ1n) is 5.04. The highest BCUT2D eigenvalue weighted by molar-refractivity contribution is 5.68. The van der Waals surface area contributed by atoms with Crippen LogP contribution in [0.15, 0.2) is 0 Å². The van der Waals surface area contributed by atoms with Crippen LogP contribution in [0.4, 0.5) is 0 Å². The molecule has 0 heterocycles. The van der Waals surface area contributed by atoms with Gasteiger partial charge in [0, 0.05) is 5.41 Å². The maximum atomic E-state index is 10.5. The maximum absolute atomic E-state index is 10.5. The molecule has 2 aliphatic rings. The van der Waals surface area contributed by atoms with Crippen molar-refractivity contribution in [3.8, 4) is 0 Å². The fraction of sp³-hybridized carbons (Fsp3) is 0.900. The summed E-state index contributed by atoms with van der Waals surface area (Å²) in [5.41, 5.74) is 0.0153. The minimum absolute atomic E-state index is 0.0153. The van der Waals surface area contributed by atoms with Gasteiger partial charge in [0.1, 0.15) is 0 Å². The summed E-state index contributed by atoms with van der Waals surface area (Å²) in [7, 11) is 0. The zero-order valence-electron chi connectivity index (χ0n) is 7.79. The largest absolute Gasteiger partial charge is 0.481 e. The number of carbonyl (C=O) groups is 1. The van der Waals surface area contributed by atoms with Crippen molar-refractivity contribution in [1.29, 1.82) is 0 Å². The van der Waals surface area contributed by atoms with E-state index in [2.05, 4.69) is 0 Å². The van der Waals surface area contributed by atoms with Crippen molar-refractivity contribution in [2.24, 2.45) is 5.41 Å². The fourth-order valence-electron chi connectivity index (χ4n) is 1.70. The normalized spacial score (nSPS) is 25.2. The highest BCUT2D eigenvalue weighted by Gasteiger charge is 2.45. The minimum Gasteiger partial charge on any atom is -0.481 e. The molecule has 0 unspecified atom stereocenters. The molecule has 13 heavy (non-hydrogen) atoms. The summed E-state index contributed by atoms with van der Waals surface area (Å²) in [6.07, 6.45) is 6.41. The Kier molecular flexibility index (Phi) is 2.28. The van der Waals surface area contributed by atoms with Crippen molar-refractivity contribution in [3.63, 3.8) is 0 Å². The Morgan fingerprint density at radius 3 is 2.54 bits per heavy atom. The number of ether oxygens (including phenoxy) is 1. The van der Waals surface area contributed by atoms with Crippen molar-refractivity contribution in [1.82, 2.24) is 0 Å². The van der Waals surface area contributed by atoms with Crippen molar-refractivity contribution < 1.29 is 14.6 Å². The molecule has 2 fully saturated rings. The first-order valence-corrected chi connectivity index (χ1v) is 5.04. The summed E-state index contributed by atoms with van der Waals surface area (Å²) in [6.45, 7) is 0.671. The minimum atomic E-state index is -0.685. The predicted octanol–water partition coefficient (Wildman–Crippen LogP) is 1.81. The van der Waals surface area contributed by atoms with E-state index in [1.165, 1.54) is 19.3 Å². The molecule has 2 aliphatic carbocycles. The lowest BCUT2D eigenvalue weighted by atomic mass is 9.95. The molecule has 2 saturated carbocycles. The molecule has 0 bridgehead atoms. The van der Waals surface area contributed by atoms with Crippen molar-refractivity contribution >= 4 is 5.97 Å². The van der Waals surface area contributed by atoms with Gasteiger partial charge in [-0.15, -0.1) is 0 Å². The first-order chi connectivity index (χ1) is 6.20. The van der Waals surface area contributed by atoms with Gasteiger partial charge in [0.15, 0.2) is 0 Å². The molecule has 0 radical (unpaired) electrons. The van der Waals surface area contributed by atoms with Crippen LogP contribution in [0, 0.1) is 5.41 Å². The van der Waals surface area contributed by atoms with E-state index in [1.54, 1.807) is 0 Å². The van der Waals surface area contributed by atoms with Gasteiger partial charge in [-0.3, -0.25) is 4.79 Å². The van der Waals surface area contributed by atoms with E-state index in [0.717, 1.165) is 12.8 Å². The van der Waals surface area contributed by atoms with Gasteiger partial charge in [-0.2, -0.15) is 0 Å². The summed E-state index contributed by atoms with van der Waals surface area (Å²) < 4.78 is 5.64. The third kappa shape index (κ3) is 2.21. The Bertz CT molecular complexity index is 204. The van der Waals surface area contributed by atoms with Gasteiger partial charge >= 0.3 is 5.97 Å². The number of rotatable bonds is 5. The third-order valence-corrected chi connectivity index (χ3v) is 3.16. The number of hydrogen-bond acceptors (Lipinski definition) is 2. The molecule has 0 saturated heterocycles. The third-order valence-electron chi connectivity index (χ3n) is 3.16. The summed E-state index contributed by atoms with van der Waals surface area (Å²) >= 11 is 0.